The molecule has 1 rings (SSSR count). The lowest BCUT2D eigenvalue weighted by Crippen LogP contribution is -2.14. The lowest BCUT2D eigenvalue weighted by atomic mass is 10.1. The molecule has 0 unspecified atom stereocenters. The van der Waals surface area contributed by atoms with Crippen molar-refractivity contribution in [3.05, 3.63) is 23.0 Å². The van der Waals surface area contributed by atoms with Gasteiger partial charge in [0.25, 0.3) is 0 Å². The van der Waals surface area contributed by atoms with E-state index in [1.54, 1.807) is 0 Å². The Balaban J connectivity index is 2.53. The van der Waals surface area contributed by atoms with Crippen LogP contribution in [0.4, 0.5) is 0 Å². The standard InChI is InChI=1S/C16H28N2OS/c1-4-6-7-8-9-20-12-14-10-18-13(3)16(19)15(14)11-17-5-2/h10,17,19H,4-9,11-12H2,1-3H3. The molecule has 4 heteroatoms. The van der Waals surface area contributed by atoms with Crippen LogP contribution in [-0.4, -0.2) is 22.4 Å². The molecule has 0 atom stereocenters. The lowest BCUT2D eigenvalue weighted by Gasteiger charge is -2.13. The van der Waals surface area contributed by atoms with Gasteiger partial charge in [-0.05, 0) is 31.2 Å². The number of nitrogens with zero attached hydrogens (tertiary/aromatic N) is 1. The third-order valence-corrected chi connectivity index (χ3v) is 4.47. The lowest BCUT2D eigenvalue weighted by molar-refractivity contribution is 0.456. The maximum atomic E-state index is 10.2. The zero-order chi connectivity index (χ0) is 14.8. The first-order chi connectivity index (χ1) is 9.70. The van der Waals surface area contributed by atoms with Crippen molar-refractivity contribution in [1.29, 1.82) is 0 Å². The number of hydrogen-bond donors (Lipinski definition) is 2. The minimum absolute atomic E-state index is 0.357. The van der Waals surface area contributed by atoms with Crippen molar-refractivity contribution >= 4 is 11.8 Å². The Morgan fingerprint density at radius 3 is 2.75 bits per heavy atom. The number of hydrogen-bond acceptors (Lipinski definition) is 4. The van der Waals surface area contributed by atoms with E-state index in [4.69, 9.17) is 0 Å². The van der Waals surface area contributed by atoms with Crippen molar-refractivity contribution in [2.24, 2.45) is 0 Å². The van der Waals surface area contributed by atoms with Crippen LogP contribution in [0, 0.1) is 6.92 Å². The second-order valence-corrected chi connectivity index (χ2v) is 6.19. The van der Waals surface area contributed by atoms with Crippen molar-refractivity contribution < 1.29 is 5.11 Å². The maximum absolute atomic E-state index is 10.2. The first kappa shape index (κ1) is 17.3. The molecule has 3 nitrogen and oxygen atoms in total. The van der Waals surface area contributed by atoms with Crippen molar-refractivity contribution in [3.8, 4) is 5.75 Å². The van der Waals surface area contributed by atoms with E-state index in [0.29, 0.717) is 5.75 Å². The second kappa shape index (κ2) is 10.1. The van der Waals surface area contributed by atoms with Crippen LogP contribution in [-0.2, 0) is 12.3 Å². The fourth-order valence-corrected chi connectivity index (χ4v) is 3.09. The Labute approximate surface area is 127 Å². The van der Waals surface area contributed by atoms with Crippen LogP contribution in [0.3, 0.4) is 0 Å². The van der Waals surface area contributed by atoms with Gasteiger partial charge in [-0.1, -0.05) is 33.1 Å². The summed E-state index contributed by atoms with van der Waals surface area (Å²) in [6.07, 6.45) is 7.14. The molecule has 0 saturated carbocycles. The molecule has 2 N–H and O–H groups in total. The summed E-state index contributed by atoms with van der Waals surface area (Å²) in [5.74, 6) is 2.48. The second-order valence-electron chi connectivity index (χ2n) is 5.09. The minimum Gasteiger partial charge on any atom is -0.506 e. The molecule has 1 heterocycles. The van der Waals surface area contributed by atoms with Gasteiger partial charge >= 0.3 is 0 Å². The zero-order valence-electron chi connectivity index (χ0n) is 13.0. The first-order valence-electron chi connectivity index (χ1n) is 7.65. The summed E-state index contributed by atoms with van der Waals surface area (Å²) in [5.41, 5.74) is 2.89. The summed E-state index contributed by atoms with van der Waals surface area (Å²) >= 11 is 1.94. The number of thioether (sulfide) groups is 1. The predicted octanol–water partition coefficient (Wildman–Crippen LogP) is 4.02. The van der Waals surface area contributed by atoms with Crippen LogP contribution in [0.2, 0.25) is 0 Å². The molecule has 20 heavy (non-hydrogen) atoms. The normalized spacial score (nSPS) is 10.9. The predicted molar refractivity (Wildman–Crippen MR) is 88.3 cm³/mol. The van der Waals surface area contributed by atoms with Crippen molar-refractivity contribution in [3.63, 3.8) is 0 Å². The molecular formula is C16H28N2OS. The Morgan fingerprint density at radius 2 is 2.05 bits per heavy atom. The average molecular weight is 296 g/mol. The summed E-state index contributed by atoms with van der Waals surface area (Å²) in [7, 11) is 0. The summed E-state index contributed by atoms with van der Waals surface area (Å²) < 4.78 is 0. The molecule has 0 radical (unpaired) electrons. The molecular weight excluding hydrogens is 268 g/mol. The van der Waals surface area contributed by atoms with E-state index in [2.05, 4.69) is 24.1 Å². The van der Waals surface area contributed by atoms with E-state index < -0.39 is 0 Å². The van der Waals surface area contributed by atoms with Crippen molar-refractivity contribution in [2.45, 2.75) is 58.8 Å². The van der Waals surface area contributed by atoms with Gasteiger partial charge in [0.15, 0.2) is 0 Å². The molecule has 114 valence electrons. The number of unbranched alkanes of at least 4 members (excludes halogenated alkanes) is 3. The van der Waals surface area contributed by atoms with Crippen LogP contribution in [0.1, 0.15) is 56.4 Å². The SMILES string of the molecule is CCCCCCSCc1cnc(C)c(O)c1CNCC. The molecule has 0 aliphatic heterocycles. The number of nitrogens with one attached hydrogen (secondary N) is 1. The van der Waals surface area contributed by atoms with E-state index in [-0.39, 0.29) is 0 Å². The van der Waals surface area contributed by atoms with Crippen molar-refractivity contribution in [2.75, 3.05) is 12.3 Å². The quantitative estimate of drug-likeness (QED) is 0.640. The van der Waals surface area contributed by atoms with E-state index >= 15 is 0 Å². The molecule has 0 aromatic carbocycles. The smallest absolute Gasteiger partial charge is 0.141 e. The van der Waals surface area contributed by atoms with Gasteiger partial charge in [0.05, 0.1) is 5.69 Å². The molecule has 1 aromatic heterocycles. The number of aromatic hydroxyl groups is 1. The minimum atomic E-state index is 0.357. The van der Waals surface area contributed by atoms with Gasteiger partial charge in [-0.15, -0.1) is 0 Å². The highest BCUT2D eigenvalue weighted by molar-refractivity contribution is 7.98. The molecule has 0 spiro atoms. The average Bonchev–Trinajstić information content (AvgIpc) is 2.45. The van der Waals surface area contributed by atoms with Gasteiger partial charge in [0, 0.05) is 24.1 Å². The Morgan fingerprint density at radius 1 is 1.25 bits per heavy atom. The van der Waals surface area contributed by atoms with Crippen LogP contribution in [0.25, 0.3) is 0 Å². The van der Waals surface area contributed by atoms with Gasteiger partial charge in [-0.3, -0.25) is 4.98 Å². The number of pyridine rings is 1. The highest BCUT2D eigenvalue weighted by Crippen LogP contribution is 2.26. The zero-order valence-corrected chi connectivity index (χ0v) is 13.9. The van der Waals surface area contributed by atoms with E-state index in [0.717, 1.165) is 35.7 Å². The summed E-state index contributed by atoms with van der Waals surface area (Å²) in [6, 6.07) is 0. The third-order valence-electron chi connectivity index (χ3n) is 3.38. The summed E-state index contributed by atoms with van der Waals surface area (Å²) in [6.45, 7) is 7.79. The molecule has 0 aliphatic rings. The van der Waals surface area contributed by atoms with E-state index in [1.807, 2.05) is 24.9 Å². The molecule has 0 aliphatic carbocycles. The van der Waals surface area contributed by atoms with E-state index in [1.165, 1.54) is 31.4 Å². The molecule has 0 saturated heterocycles. The highest BCUT2D eigenvalue weighted by Gasteiger charge is 2.11. The molecule has 1 aromatic rings. The van der Waals surface area contributed by atoms with Crippen LogP contribution in [0.5, 0.6) is 5.75 Å². The largest absolute Gasteiger partial charge is 0.506 e. The van der Waals surface area contributed by atoms with Crippen LogP contribution < -0.4 is 5.32 Å². The van der Waals surface area contributed by atoms with Crippen LogP contribution in [0.15, 0.2) is 6.20 Å². The van der Waals surface area contributed by atoms with Gasteiger partial charge in [0.1, 0.15) is 5.75 Å². The fourth-order valence-electron chi connectivity index (χ4n) is 2.07. The molecule has 0 bridgehead atoms. The van der Waals surface area contributed by atoms with Crippen molar-refractivity contribution in [1.82, 2.24) is 10.3 Å². The number of aromatic nitrogens is 1. The molecule has 0 fully saturated rings. The first-order valence-corrected chi connectivity index (χ1v) is 8.80. The Hall–Kier alpha value is -0.740. The van der Waals surface area contributed by atoms with Crippen LogP contribution >= 0.6 is 11.8 Å². The topological polar surface area (TPSA) is 45.2 Å². The monoisotopic (exact) mass is 296 g/mol. The Kier molecular flexibility index (Phi) is 8.70. The number of aryl methyl sites for hydroxylation is 1. The Bertz CT molecular complexity index is 396. The third kappa shape index (κ3) is 5.71. The highest BCUT2D eigenvalue weighted by atomic mass is 32.2. The summed E-state index contributed by atoms with van der Waals surface area (Å²) in [4.78, 5) is 4.28. The van der Waals surface area contributed by atoms with Gasteiger partial charge < -0.3 is 10.4 Å². The van der Waals surface area contributed by atoms with E-state index in [9.17, 15) is 5.11 Å². The van der Waals surface area contributed by atoms with Gasteiger partial charge in [-0.25, -0.2) is 0 Å². The molecule has 0 amide bonds. The van der Waals surface area contributed by atoms with Gasteiger partial charge in [-0.2, -0.15) is 11.8 Å². The fraction of sp³-hybridized carbons (Fsp3) is 0.688. The summed E-state index contributed by atoms with van der Waals surface area (Å²) in [5, 5.41) is 13.5. The maximum Gasteiger partial charge on any atom is 0.141 e. The number of rotatable bonds is 10. The van der Waals surface area contributed by atoms with Gasteiger partial charge in [0.2, 0.25) is 0 Å².